The molecule has 1 aliphatic rings. The number of aromatic nitrogens is 2. The van der Waals surface area contributed by atoms with Gasteiger partial charge in [0, 0.05) is 45.1 Å². The van der Waals surface area contributed by atoms with Crippen molar-refractivity contribution in [3.05, 3.63) is 18.7 Å². The van der Waals surface area contributed by atoms with Crippen molar-refractivity contribution >= 4 is 0 Å². The monoisotopic (exact) mass is 261 g/mol. The summed E-state index contributed by atoms with van der Waals surface area (Å²) in [5.41, 5.74) is -0.330. The van der Waals surface area contributed by atoms with Gasteiger partial charge in [0.05, 0.1) is 12.4 Å². The van der Waals surface area contributed by atoms with E-state index < -0.39 is 0 Å². The van der Waals surface area contributed by atoms with E-state index in [0.717, 1.165) is 45.7 Å². The van der Waals surface area contributed by atoms with Crippen molar-refractivity contribution in [3.63, 3.8) is 0 Å². The Morgan fingerprint density at radius 1 is 1.21 bits per heavy atom. The molecule has 104 valence electrons. The molecule has 2 heterocycles. The molecule has 19 heavy (non-hydrogen) atoms. The maximum atomic E-state index is 9.15. The van der Waals surface area contributed by atoms with Crippen LogP contribution in [0.2, 0.25) is 0 Å². The van der Waals surface area contributed by atoms with E-state index in [2.05, 4.69) is 25.4 Å². The Morgan fingerprint density at radius 3 is 2.53 bits per heavy atom. The zero-order valence-electron chi connectivity index (χ0n) is 11.9. The van der Waals surface area contributed by atoms with Crippen LogP contribution in [0.1, 0.15) is 20.3 Å². The van der Waals surface area contributed by atoms with Gasteiger partial charge in [-0.2, -0.15) is 5.26 Å². The molecule has 0 atom stereocenters. The highest BCUT2D eigenvalue weighted by atomic mass is 15.3. The van der Waals surface area contributed by atoms with Gasteiger partial charge in [-0.1, -0.05) is 0 Å². The van der Waals surface area contributed by atoms with Crippen LogP contribution in [-0.2, 0) is 6.54 Å². The van der Waals surface area contributed by atoms with E-state index in [0.29, 0.717) is 0 Å². The molecule has 1 aromatic heterocycles. The van der Waals surface area contributed by atoms with Crippen LogP contribution >= 0.6 is 0 Å². The summed E-state index contributed by atoms with van der Waals surface area (Å²) >= 11 is 0. The van der Waals surface area contributed by atoms with E-state index in [9.17, 15) is 0 Å². The van der Waals surface area contributed by atoms with Crippen molar-refractivity contribution in [1.82, 2.24) is 19.4 Å². The molecule has 5 heteroatoms. The number of hydrogen-bond acceptors (Lipinski definition) is 4. The highest BCUT2D eigenvalue weighted by Crippen LogP contribution is 2.15. The molecule has 0 aromatic carbocycles. The van der Waals surface area contributed by atoms with E-state index in [4.69, 9.17) is 5.26 Å². The van der Waals surface area contributed by atoms with E-state index >= 15 is 0 Å². The molecule has 0 radical (unpaired) electrons. The summed E-state index contributed by atoms with van der Waals surface area (Å²) in [4.78, 5) is 8.81. The van der Waals surface area contributed by atoms with Gasteiger partial charge in [-0.15, -0.1) is 0 Å². The van der Waals surface area contributed by atoms with E-state index in [1.807, 2.05) is 32.6 Å². The van der Waals surface area contributed by atoms with Gasteiger partial charge in [0.25, 0.3) is 0 Å². The van der Waals surface area contributed by atoms with Crippen LogP contribution in [0.5, 0.6) is 0 Å². The van der Waals surface area contributed by atoms with Crippen LogP contribution in [0.3, 0.4) is 0 Å². The largest absolute Gasteiger partial charge is 0.337 e. The number of piperazine rings is 1. The van der Waals surface area contributed by atoms with Gasteiger partial charge < -0.3 is 9.47 Å². The SMILES string of the molecule is CC(C)(C#N)N1CCN(CCCn2ccnc2)CC1. The first kappa shape index (κ1) is 14.0. The molecule has 0 spiro atoms. The number of nitrogens with zero attached hydrogens (tertiary/aromatic N) is 5. The molecule has 5 nitrogen and oxygen atoms in total. The van der Waals surface area contributed by atoms with Crippen LogP contribution in [0.4, 0.5) is 0 Å². The Labute approximate surface area is 115 Å². The van der Waals surface area contributed by atoms with Crippen LogP contribution in [0.15, 0.2) is 18.7 Å². The third kappa shape index (κ3) is 3.79. The number of rotatable bonds is 5. The van der Waals surface area contributed by atoms with Gasteiger partial charge in [-0.3, -0.25) is 4.90 Å². The molecule has 0 N–H and O–H groups in total. The fraction of sp³-hybridized carbons (Fsp3) is 0.714. The second-order valence-electron chi connectivity index (χ2n) is 5.65. The number of nitriles is 1. The zero-order valence-corrected chi connectivity index (χ0v) is 11.9. The summed E-state index contributed by atoms with van der Waals surface area (Å²) in [6, 6.07) is 2.38. The summed E-state index contributed by atoms with van der Waals surface area (Å²) in [7, 11) is 0. The van der Waals surface area contributed by atoms with Crippen molar-refractivity contribution in [2.24, 2.45) is 0 Å². The lowest BCUT2D eigenvalue weighted by Crippen LogP contribution is -2.54. The molecular formula is C14H23N5. The molecular weight excluding hydrogens is 238 g/mol. The fourth-order valence-corrected chi connectivity index (χ4v) is 2.50. The number of aryl methyl sites for hydroxylation is 1. The molecule has 0 aliphatic carbocycles. The highest BCUT2D eigenvalue weighted by Gasteiger charge is 2.29. The Hall–Kier alpha value is -1.38. The third-order valence-corrected chi connectivity index (χ3v) is 3.89. The Kier molecular flexibility index (Phi) is 4.56. The molecule has 1 fully saturated rings. The predicted octanol–water partition coefficient (Wildman–Crippen LogP) is 1.19. The number of imidazole rings is 1. The van der Waals surface area contributed by atoms with Crippen molar-refractivity contribution in [2.75, 3.05) is 32.7 Å². The van der Waals surface area contributed by atoms with Crippen LogP contribution in [-0.4, -0.2) is 57.6 Å². The van der Waals surface area contributed by atoms with Crippen LogP contribution in [0.25, 0.3) is 0 Å². The lowest BCUT2D eigenvalue weighted by molar-refractivity contribution is 0.0789. The minimum atomic E-state index is -0.330. The molecule has 0 unspecified atom stereocenters. The minimum absolute atomic E-state index is 0.330. The summed E-state index contributed by atoms with van der Waals surface area (Å²) in [5, 5.41) is 9.15. The average Bonchev–Trinajstić information content (AvgIpc) is 2.92. The Balaban J connectivity index is 1.68. The lowest BCUT2D eigenvalue weighted by Gasteiger charge is -2.40. The van der Waals surface area contributed by atoms with Gasteiger partial charge in [0.2, 0.25) is 0 Å². The summed E-state index contributed by atoms with van der Waals surface area (Å²) in [6.07, 6.45) is 6.85. The van der Waals surface area contributed by atoms with Gasteiger partial charge in [0.15, 0.2) is 0 Å². The summed E-state index contributed by atoms with van der Waals surface area (Å²) < 4.78 is 2.12. The molecule has 2 rings (SSSR count). The predicted molar refractivity (Wildman–Crippen MR) is 74.5 cm³/mol. The van der Waals surface area contributed by atoms with E-state index in [1.165, 1.54) is 0 Å². The summed E-state index contributed by atoms with van der Waals surface area (Å²) in [6.45, 7) is 10.3. The average molecular weight is 261 g/mol. The third-order valence-electron chi connectivity index (χ3n) is 3.89. The smallest absolute Gasteiger partial charge is 0.103 e. The van der Waals surface area contributed by atoms with Crippen molar-refractivity contribution in [2.45, 2.75) is 32.4 Å². The molecule has 1 aromatic rings. The molecule has 1 saturated heterocycles. The number of hydrogen-bond donors (Lipinski definition) is 0. The quantitative estimate of drug-likeness (QED) is 0.799. The topological polar surface area (TPSA) is 48.1 Å². The van der Waals surface area contributed by atoms with Crippen molar-refractivity contribution in [1.29, 1.82) is 5.26 Å². The maximum absolute atomic E-state index is 9.15. The van der Waals surface area contributed by atoms with Gasteiger partial charge in [0.1, 0.15) is 5.54 Å². The van der Waals surface area contributed by atoms with Gasteiger partial charge in [-0.25, -0.2) is 4.98 Å². The molecule has 1 aliphatic heterocycles. The van der Waals surface area contributed by atoms with Crippen molar-refractivity contribution in [3.8, 4) is 6.07 Å². The fourth-order valence-electron chi connectivity index (χ4n) is 2.50. The maximum Gasteiger partial charge on any atom is 0.103 e. The first-order valence-corrected chi connectivity index (χ1v) is 6.96. The minimum Gasteiger partial charge on any atom is -0.337 e. The van der Waals surface area contributed by atoms with Gasteiger partial charge >= 0.3 is 0 Å². The highest BCUT2D eigenvalue weighted by molar-refractivity contribution is 5.02. The van der Waals surface area contributed by atoms with Crippen LogP contribution in [0, 0.1) is 11.3 Å². The van der Waals surface area contributed by atoms with Crippen LogP contribution < -0.4 is 0 Å². The van der Waals surface area contributed by atoms with E-state index in [-0.39, 0.29) is 5.54 Å². The molecule has 0 saturated carbocycles. The standard InChI is InChI=1S/C14H23N5/c1-14(2,12-15)19-10-8-17(9-11-19)5-3-6-18-7-4-16-13-18/h4,7,13H,3,5-6,8-11H2,1-2H3. The van der Waals surface area contributed by atoms with E-state index in [1.54, 1.807) is 0 Å². The summed E-state index contributed by atoms with van der Waals surface area (Å²) in [5.74, 6) is 0. The Bertz CT molecular complexity index is 410. The van der Waals surface area contributed by atoms with Crippen molar-refractivity contribution < 1.29 is 0 Å². The van der Waals surface area contributed by atoms with Gasteiger partial charge in [-0.05, 0) is 26.8 Å². The molecule has 0 amide bonds. The Morgan fingerprint density at radius 2 is 1.95 bits per heavy atom. The second kappa shape index (κ2) is 6.18. The normalized spacial score (nSPS) is 18.4. The first-order chi connectivity index (χ1) is 9.12. The zero-order chi connectivity index (χ0) is 13.7. The lowest BCUT2D eigenvalue weighted by atomic mass is 10.0. The molecule has 0 bridgehead atoms. The second-order valence-corrected chi connectivity index (χ2v) is 5.65. The first-order valence-electron chi connectivity index (χ1n) is 6.96.